The molecule has 1 aromatic heterocycles. The topological polar surface area (TPSA) is 81.3 Å². The molecule has 0 aliphatic carbocycles. The fourth-order valence-electron chi connectivity index (χ4n) is 2.67. The number of nitrogens with zero attached hydrogens (tertiary/aromatic N) is 1. The normalized spacial score (nSPS) is 11.8. The third-order valence-electron chi connectivity index (χ3n) is 4.16. The lowest BCUT2D eigenvalue weighted by Crippen LogP contribution is -2.13. The maximum Gasteiger partial charge on any atom is 0.419 e. The second-order valence-corrected chi connectivity index (χ2v) is 8.14. The number of aromatic nitrogens is 1. The maximum absolute atomic E-state index is 12.7. The van der Waals surface area contributed by atoms with E-state index < -0.39 is 15.8 Å². The predicted molar refractivity (Wildman–Crippen MR) is 102 cm³/mol. The molecule has 6 nitrogen and oxygen atoms in total. The first-order valence-electron chi connectivity index (χ1n) is 8.22. The van der Waals surface area contributed by atoms with Crippen molar-refractivity contribution in [2.75, 3.05) is 4.72 Å². The molecule has 0 saturated carbocycles. The highest BCUT2D eigenvalue weighted by molar-refractivity contribution is 7.92. The zero-order valence-corrected chi connectivity index (χ0v) is 16.0. The molecule has 0 fully saturated rings. The first-order chi connectivity index (χ1) is 12.3. The second kappa shape index (κ2) is 7.17. The van der Waals surface area contributed by atoms with Gasteiger partial charge in [-0.05, 0) is 36.6 Å². The Bertz CT molecular complexity index is 1100. The van der Waals surface area contributed by atoms with Crippen molar-refractivity contribution in [1.29, 1.82) is 0 Å². The average molecular weight is 395 g/mol. The van der Waals surface area contributed by atoms with Gasteiger partial charge in [0.15, 0.2) is 5.58 Å². The highest BCUT2D eigenvalue weighted by Gasteiger charge is 2.21. The summed E-state index contributed by atoms with van der Waals surface area (Å²) < 4.78 is 34.2. The highest BCUT2D eigenvalue weighted by Crippen LogP contribution is 2.28. The average Bonchev–Trinajstić information content (AvgIpc) is 2.87. The van der Waals surface area contributed by atoms with Gasteiger partial charge in [-0.25, -0.2) is 13.2 Å². The number of anilines is 1. The van der Waals surface area contributed by atoms with E-state index in [9.17, 15) is 13.2 Å². The molecule has 0 aliphatic heterocycles. The van der Waals surface area contributed by atoms with Crippen molar-refractivity contribution in [2.24, 2.45) is 7.05 Å². The van der Waals surface area contributed by atoms with Gasteiger partial charge in [0.1, 0.15) is 4.90 Å². The van der Waals surface area contributed by atoms with Crippen LogP contribution in [0.5, 0.6) is 0 Å². The first-order valence-corrected chi connectivity index (χ1v) is 10.1. The molecule has 0 saturated heterocycles. The van der Waals surface area contributed by atoms with Crippen LogP contribution in [0.15, 0.2) is 50.5 Å². The van der Waals surface area contributed by atoms with E-state index in [1.54, 1.807) is 12.1 Å². The van der Waals surface area contributed by atoms with Crippen molar-refractivity contribution in [3.63, 3.8) is 0 Å². The van der Waals surface area contributed by atoms with Gasteiger partial charge in [-0.2, -0.15) is 0 Å². The minimum absolute atomic E-state index is 0.0148. The van der Waals surface area contributed by atoms with E-state index in [-0.39, 0.29) is 15.5 Å². The van der Waals surface area contributed by atoms with E-state index in [1.165, 1.54) is 23.7 Å². The lowest BCUT2D eigenvalue weighted by Gasteiger charge is -2.10. The number of rotatable bonds is 6. The third kappa shape index (κ3) is 3.64. The molecule has 1 N–H and O–H groups in total. The minimum atomic E-state index is -3.92. The molecule has 2 aromatic carbocycles. The van der Waals surface area contributed by atoms with Crippen LogP contribution in [0.1, 0.15) is 25.3 Å². The molecule has 138 valence electrons. The number of hydrogen-bond acceptors (Lipinski definition) is 4. The number of fused-ring (bicyclic) bond motifs is 1. The summed E-state index contributed by atoms with van der Waals surface area (Å²) in [6.07, 6.45) is 3.15. The Morgan fingerprint density at radius 1 is 1.19 bits per heavy atom. The zero-order valence-electron chi connectivity index (χ0n) is 14.5. The summed E-state index contributed by atoms with van der Waals surface area (Å²) >= 11 is 6.14. The number of nitrogens with one attached hydrogen (secondary N) is 1. The molecule has 8 heteroatoms. The lowest BCUT2D eigenvalue weighted by atomic mass is 10.1. The molecule has 0 bridgehead atoms. The summed E-state index contributed by atoms with van der Waals surface area (Å²) in [5.74, 6) is -0.582. The van der Waals surface area contributed by atoms with Gasteiger partial charge in [0.25, 0.3) is 10.0 Å². The molecule has 0 unspecified atom stereocenters. The third-order valence-corrected chi connectivity index (χ3v) is 6.01. The fourth-order valence-corrected chi connectivity index (χ4v) is 4.26. The number of halogens is 1. The van der Waals surface area contributed by atoms with E-state index in [0.717, 1.165) is 24.8 Å². The Balaban J connectivity index is 1.91. The van der Waals surface area contributed by atoms with Crippen molar-refractivity contribution in [3.05, 3.63) is 57.5 Å². The lowest BCUT2D eigenvalue weighted by molar-refractivity contribution is 0.527. The fraction of sp³-hybridized carbons (Fsp3) is 0.278. The Labute approximate surface area is 156 Å². The van der Waals surface area contributed by atoms with Crippen LogP contribution in [0.3, 0.4) is 0 Å². The second-order valence-electron chi connectivity index (χ2n) is 6.08. The van der Waals surface area contributed by atoms with Crippen LogP contribution >= 0.6 is 11.6 Å². The molecular weight excluding hydrogens is 376 g/mol. The summed E-state index contributed by atoms with van der Waals surface area (Å²) in [5.41, 5.74) is 2.19. The van der Waals surface area contributed by atoms with E-state index in [4.69, 9.17) is 16.0 Å². The smallest absolute Gasteiger partial charge is 0.408 e. The van der Waals surface area contributed by atoms with Gasteiger partial charge in [0.2, 0.25) is 0 Å². The Hall–Kier alpha value is -2.25. The van der Waals surface area contributed by atoms with E-state index in [1.807, 2.05) is 12.1 Å². The molecule has 0 aliphatic rings. The summed E-state index contributed by atoms with van der Waals surface area (Å²) in [5, 5.41) is 0.0148. The van der Waals surface area contributed by atoms with Gasteiger partial charge in [0.05, 0.1) is 10.5 Å². The Kier molecular flexibility index (Phi) is 5.11. The van der Waals surface area contributed by atoms with Gasteiger partial charge in [-0.3, -0.25) is 9.29 Å². The van der Waals surface area contributed by atoms with Gasteiger partial charge in [0, 0.05) is 18.8 Å². The molecule has 3 aromatic rings. The number of aryl methyl sites for hydroxylation is 2. The van der Waals surface area contributed by atoms with Gasteiger partial charge >= 0.3 is 5.76 Å². The van der Waals surface area contributed by atoms with Crippen molar-refractivity contribution in [1.82, 2.24) is 4.57 Å². The molecule has 0 amide bonds. The Morgan fingerprint density at radius 2 is 1.88 bits per heavy atom. The van der Waals surface area contributed by atoms with E-state index in [2.05, 4.69) is 11.6 Å². The minimum Gasteiger partial charge on any atom is -0.408 e. The first kappa shape index (κ1) is 18.5. The van der Waals surface area contributed by atoms with Crippen molar-refractivity contribution in [2.45, 2.75) is 31.1 Å². The predicted octanol–water partition coefficient (Wildman–Crippen LogP) is 3.93. The molecule has 0 atom stereocenters. The SMILES string of the molecule is CCCCc1ccc(NS(=O)(=O)c2cc3oc(=O)n(C)c3cc2Cl)cc1. The molecular formula is C18H19ClN2O4S. The van der Waals surface area contributed by atoms with Crippen molar-refractivity contribution in [3.8, 4) is 0 Å². The number of benzene rings is 2. The molecule has 26 heavy (non-hydrogen) atoms. The van der Waals surface area contributed by atoms with Crippen LogP contribution in [-0.2, 0) is 23.5 Å². The number of unbranched alkanes of at least 4 members (excludes halogenated alkanes) is 1. The maximum atomic E-state index is 12.7. The van der Waals surface area contributed by atoms with E-state index >= 15 is 0 Å². The summed E-state index contributed by atoms with van der Waals surface area (Å²) in [6.45, 7) is 2.12. The number of sulfonamides is 1. The number of hydrogen-bond donors (Lipinski definition) is 1. The highest BCUT2D eigenvalue weighted by atomic mass is 35.5. The molecule has 1 heterocycles. The van der Waals surface area contributed by atoms with Crippen LogP contribution in [0.25, 0.3) is 11.1 Å². The molecule has 0 spiro atoms. The largest absolute Gasteiger partial charge is 0.419 e. The van der Waals surface area contributed by atoms with Gasteiger partial charge in [-0.15, -0.1) is 0 Å². The monoisotopic (exact) mass is 394 g/mol. The molecule has 3 rings (SSSR count). The zero-order chi connectivity index (χ0) is 18.9. The Morgan fingerprint density at radius 3 is 2.54 bits per heavy atom. The van der Waals surface area contributed by atoms with Crippen LogP contribution in [-0.4, -0.2) is 13.0 Å². The summed E-state index contributed by atoms with van der Waals surface area (Å²) in [6, 6.07) is 9.90. The standard InChI is InChI=1S/C18H19ClN2O4S/c1-3-4-5-12-6-8-13(9-7-12)20-26(23,24)17-11-16-15(10-14(17)19)21(2)18(22)25-16/h6-11,20H,3-5H2,1-2H3. The van der Waals surface area contributed by atoms with Crippen LogP contribution in [0, 0.1) is 0 Å². The van der Waals surface area contributed by atoms with Gasteiger partial charge in [-0.1, -0.05) is 37.1 Å². The summed E-state index contributed by atoms with van der Waals surface area (Å²) in [4.78, 5) is 11.5. The van der Waals surface area contributed by atoms with Crippen LogP contribution in [0.2, 0.25) is 5.02 Å². The van der Waals surface area contributed by atoms with Crippen LogP contribution < -0.4 is 10.5 Å². The van der Waals surface area contributed by atoms with Crippen molar-refractivity contribution < 1.29 is 12.8 Å². The quantitative estimate of drug-likeness (QED) is 0.686. The van der Waals surface area contributed by atoms with Crippen LogP contribution in [0.4, 0.5) is 5.69 Å². The molecule has 0 radical (unpaired) electrons. The van der Waals surface area contributed by atoms with Crippen molar-refractivity contribution >= 4 is 38.4 Å². The summed E-state index contributed by atoms with van der Waals surface area (Å²) in [7, 11) is -2.40. The number of oxazole rings is 1. The van der Waals surface area contributed by atoms with Gasteiger partial charge < -0.3 is 4.42 Å². The van der Waals surface area contributed by atoms with E-state index in [0.29, 0.717) is 11.2 Å².